The molecule has 5 fully saturated rings. The standard InChI is InChI=1S/C41H49N7O9S/c1-2-27-21-41(27,38(52)46-58(54,55)29-15-16-29)45-35(49)32-20-28-23-48(32)37(51)34(26-10-5-6-11-26)44-40(53)57-33-13-8-12-25(33)9-4-3-7-18-47-36(50)30-17-14-24(22-42)19-31(30)43-39(47)56-28/h2-3,7,14,17,19,25-29,32-34H,1,4-6,8-13,15-16,18,20-21,23H2,(H,44,53)(H,45,49)(H,46,52)/b7-3-/t25-,27-,28-,32+,33-,34+,41-/m1/s1. The van der Waals surface area contributed by atoms with Crippen LogP contribution in [0, 0.1) is 29.1 Å². The quantitative estimate of drug-likeness (QED) is 0.345. The van der Waals surface area contributed by atoms with Gasteiger partial charge in [-0.3, -0.25) is 28.5 Å². The minimum atomic E-state index is -3.94. The topological polar surface area (TPSA) is 219 Å². The zero-order valence-electron chi connectivity index (χ0n) is 32.3. The SMILES string of the molecule is C=C[C@@H]1C[C@]1(NC(=O)[C@@H]1C[C@@H]2CN1C(=O)[C@H](C1CCCC1)NC(=O)O[C@@H]1CCC[C@H]1CC/C=C\Cn1c(nc3cc(C#N)ccc3c1=O)O2)C(=O)NS(=O)(=O)C1CC1. The highest BCUT2D eigenvalue weighted by atomic mass is 32.2. The van der Waals surface area contributed by atoms with Crippen molar-refractivity contribution in [3.05, 3.63) is 58.9 Å². The van der Waals surface area contributed by atoms with Gasteiger partial charge in [0.25, 0.3) is 17.5 Å². The molecule has 0 unspecified atom stereocenters. The fraction of sp³-hybridized carbons (Fsp3) is 0.585. The molecule has 4 saturated carbocycles. The second-order valence-corrected chi connectivity index (χ2v) is 18.6. The average molecular weight is 816 g/mol. The summed E-state index contributed by atoms with van der Waals surface area (Å²) in [6.45, 7) is 3.76. The van der Waals surface area contributed by atoms with E-state index in [0.717, 1.165) is 32.1 Å². The zero-order chi connectivity index (χ0) is 40.8. The Morgan fingerprint density at radius 3 is 2.52 bits per heavy atom. The van der Waals surface area contributed by atoms with Gasteiger partial charge in [-0.25, -0.2) is 13.2 Å². The molecule has 0 radical (unpaired) electrons. The van der Waals surface area contributed by atoms with Crippen LogP contribution in [-0.4, -0.2) is 88.3 Å². The summed E-state index contributed by atoms with van der Waals surface area (Å²) < 4.78 is 41.6. The lowest BCUT2D eigenvalue weighted by Crippen LogP contribution is -2.59. The van der Waals surface area contributed by atoms with Crippen molar-refractivity contribution in [2.75, 3.05) is 6.54 Å². The van der Waals surface area contributed by atoms with Crippen molar-refractivity contribution >= 4 is 44.7 Å². The molecular weight excluding hydrogens is 767 g/mol. The van der Waals surface area contributed by atoms with E-state index in [1.54, 1.807) is 12.1 Å². The molecule has 308 valence electrons. The molecule has 3 heterocycles. The molecule has 17 heteroatoms. The molecule has 1 saturated heterocycles. The number of carbonyl (C=O) groups excluding carboxylic acids is 4. The lowest BCUT2D eigenvalue weighted by Gasteiger charge is -2.32. The number of sulfonamides is 1. The molecule has 6 aliphatic rings. The molecule has 1 aromatic carbocycles. The van der Waals surface area contributed by atoms with Crippen LogP contribution in [0.2, 0.25) is 0 Å². The van der Waals surface area contributed by atoms with E-state index in [4.69, 9.17) is 9.47 Å². The third kappa shape index (κ3) is 7.82. The maximum Gasteiger partial charge on any atom is 0.408 e. The minimum absolute atomic E-state index is 0.0586. The summed E-state index contributed by atoms with van der Waals surface area (Å²) in [5, 5.41) is 14.9. The smallest absolute Gasteiger partial charge is 0.408 e. The van der Waals surface area contributed by atoms with Crippen molar-refractivity contribution in [2.45, 2.75) is 125 Å². The van der Waals surface area contributed by atoms with Gasteiger partial charge in [-0.2, -0.15) is 10.2 Å². The fourth-order valence-corrected chi connectivity index (χ4v) is 10.7. The van der Waals surface area contributed by atoms with Crippen LogP contribution in [0.25, 0.3) is 10.9 Å². The Hall–Kier alpha value is -5.24. The van der Waals surface area contributed by atoms with Crippen molar-refractivity contribution in [1.82, 2.24) is 29.8 Å². The number of nitrogens with zero attached hydrogens (tertiary/aromatic N) is 4. The molecule has 2 bridgehead atoms. The number of carbonyl (C=O) groups is 4. The highest BCUT2D eigenvalue weighted by Gasteiger charge is 2.62. The molecule has 16 nitrogen and oxygen atoms in total. The van der Waals surface area contributed by atoms with Crippen molar-refractivity contribution in [3.63, 3.8) is 0 Å². The van der Waals surface area contributed by atoms with Gasteiger partial charge in [-0.1, -0.05) is 31.1 Å². The summed E-state index contributed by atoms with van der Waals surface area (Å²) in [5.74, 6) is -2.76. The fourth-order valence-electron chi connectivity index (χ4n) is 9.31. The first-order chi connectivity index (χ1) is 27.9. The number of hydrogen-bond donors (Lipinski definition) is 3. The zero-order valence-corrected chi connectivity index (χ0v) is 33.1. The summed E-state index contributed by atoms with van der Waals surface area (Å²) >= 11 is 0. The van der Waals surface area contributed by atoms with Crippen molar-refractivity contribution < 1.29 is 37.1 Å². The lowest BCUT2D eigenvalue weighted by atomic mass is 9.96. The Bertz CT molecular complexity index is 2260. The monoisotopic (exact) mass is 815 g/mol. The van der Waals surface area contributed by atoms with Gasteiger partial charge in [0.2, 0.25) is 21.8 Å². The normalized spacial score (nSPS) is 31.0. The number of hydrogen-bond acceptors (Lipinski definition) is 11. The Morgan fingerprint density at radius 2 is 1.79 bits per heavy atom. The molecule has 2 aromatic rings. The van der Waals surface area contributed by atoms with E-state index in [9.17, 15) is 37.7 Å². The van der Waals surface area contributed by atoms with E-state index in [-0.39, 0.29) is 60.8 Å². The summed E-state index contributed by atoms with van der Waals surface area (Å²) in [6.07, 6.45) is 11.3. The van der Waals surface area contributed by atoms with Crippen LogP contribution in [0.3, 0.4) is 0 Å². The van der Waals surface area contributed by atoms with E-state index < -0.39 is 74.3 Å². The first kappa shape index (κ1) is 39.6. The molecule has 58 heavy (non-hydrogen) atoms. The number of nitrogens with one attached hydrogen (secondary N) is 3. The second kappa shape index (κ2) is 15.8. The van der Waals surface area contributed by atoms with Gasteiger partial charge >= 0.3 is 6.09 Å². The van der Waals surface area contributed by atoms with E-state index in [0.29, 0.717) is 44.1 Å². The number of amides is 4. The molecule has 0 spiro atoms. The van der Waals surface area contributed by atoms with Crippen LogP contribution >= 0.6 is 0 Å². The summed E-state index contributed by atoms with van der Waals surface area (Å²) in [5.41, 5.74) is -1.45. The van der Waals surface area contributed by atoms with E-state index in [1.165, 1.54) is 21.6 Å². The number of rotatable bonds is 7. The maximum absolute atomic E-state index is 14.9. The average Bonchev–Trinajstić information content (AvgIpc) is 3.99. The highest BCUT2D eigenvalue weighted by molar-refractivity contribution is 7.91. The molecule has 1 aromatic heterocycles. The second-order valence-electron chi connectivity index (χ2n) is 16.7. The van der Waals surface area contributed by atoms with Gasteiger partial charge in [0.1, 0.15) is 29.8 Å². The molecular formula is C41H49N7O9S. The first-order valence-electron chi connectivity index (χ1n) is 20.5. The van der Waals surface area contributed by atoms with Crippen LogP contribution in [0.4, 0.5) is 4.79 Å². The summed E-state index contributed by atoms with van der Waals surface area (Å²) in [7, 11) is -3.94. The van der Waals surface area contributed by atoms with Crippen LogP contribution in [0.15, 0.2) is 47.8 Å². The molecule has 2 aliphatic heterocycles. The van der Waals surface area contributed by atoms with Crippen molar-refractivity contribution in [1.29, 1.82) is 5.26 Å². The largest absolute Gasteiger partial charge is 0.459 e. The van der Waals surface area contributed by atoms with E-state index in [1.807, 2.05) is 12.2 Å². The van der Waals surface area contributed by atoms with Crippen molar-refractivity contribution in [2.24, 2.45) is 17.8 Å². The molecule has 8 rings (SSSR count). The lowest BCUT2D eigenvalue weighted by molar-refractivity contribution is -0.142. The van der Waals surface area contributed by atoms with E-state index in [2.05, 4.69) is 33.0 Å². The van der Waals surface area contributed by atoms with E-state index >= 15 is 0 Å². The number of benzene rings is 1. The Kier molecular flexibility index (Phi) is 10.8. The van der Waals surface area contributed by atoms with Crippen LogP contribution < -0.4 is 25.7 Å². The summed E-state index contributed by atoms with van der Waals surface area (Å²) in [6, 6.07) is 4.37. The van der Waals surface area contributed by atoms with Gasteiger partial charge in [-0.05, 0) is 94.2 Å². The van der Waals surface area contributed by atoms with Crippen molar-refractivity contribution in [3.8, 4) is 12.1 Å². The Labute approximate surface area is 336 Å². The predicted molar refractivity (Wildman–Crippen MR) is 209 cm³/mol. The van der Waals surface area contributed by atoms with Crippen LogP contribution in [0.5, 0.6) is 6.01 Å². The van der Waals surface area contributed by atoms with Crippen LogP contribution in [0.1, 0.15) is 89.0 Å². The molecule has 3 N–H and O–H groups in total. The third-order valence-corrected chi connectivity index (χ3v) is 14.7. The number of alkyl carbamates (subject to hydrolysis) is 1. The van der Waals surface area contributed by atoms with Gasteiger partial charge in [-0.15, -0.1) is 6.58 Å². The van der Waals surface area contributed by atoms with Gasteiger partial charge < -0.3 is 25.0 Å². The number of ether oxygens (including phenoxy) is 2. The maximum atomic E-state index is 14.9. The summed E-state index contributed by atoms with van der Waals surface area (Å²) in [4.78, 5) is 76.6. The Morgan fingerprint density at radius 1 is 1.02 bits per heavy atom. The highest BCUT2D eigenvalue weighted by Crippen LogP contribution is 2.45. The number of aromatic nitrogens is 2. The minimum Gasteiger partial charge on any atom is -0.459 e. The third-order valence-electron chi connectivity index (χ3n) is 12.8. The number of nitriles is 1. The first-order valence-corrected chi connectivity index (χ1v) is 22.0. The molecule has 4 aliphatic carbocycles. The predicted octanol–water partition coefficient (Wildman–Crippen LogP) is 3.09. The number of allylic oxidation sites excluding steroid dienone is 2. The Balaban J connectivity index is 1.16. The van der Waals surface area contributed by atoms with Gasteiger partial charge in [0.05, 0.1) is 34.3 Å². The van der Waals surface area contributed by atoms with Crippen LogP contribution in [-0.2, 0) is 35.7 Å². The van der Waals surface area contributed by atoms with Gasteiger partial charge in [0, 0.05) is 18.9 Å². The molecule has 4 amide bonds. The number of fused-ring (bicyclic) bond motifs is 5. The van der Waals surface area contributed by atoms with Gasteiger partial charge in [0.15, 0.2) is 0 Å². The molecule has 7 atom stereocenters.